The molecular formula is C13H18N4. The van der Waals surface area contributed by atoms with Crippen molar-refractivity contribution in [2.75, 3.05) is 19.8 Å². The van der Waals surface area contributed by atoms with E-state index in [1.165, 1.54) is 5.56 Å². The van der Waals surface area contributed by atoms with Crippen LogP contribution in [0.25, 0.3) is 11.3 Å². The molecule has 2 aromatic rings. The highest BCUT2D eigenvalue weighted by atomic mass is 15.3. The fourth-order valence-electron chi connectivity index (χ4n) is 1.99. The Morgan fingerprint density at radius 2 is 2.12 bits per heavy atom. The van der Waals surface area contributed by atoms with Crippen LogP contribution in [0.1, 0.15) is 5.56 Å². The van der Waals surface area contributed by atoms with Gasteiger partial charge in [-0.15, -0.1) is 0 Å². The second kappa shape index (κ2) is 4.59. The highest BCUT2D eigenvalue weighted by molar-refractivity contribution is 5.72. The molecule has 0 saturated carbocycles. The molecule has 1 heterocycles. The molecule has 4 nitrogen and oxygen atoms in total. The van der Waals surface area contributed by atoms with Crippen LogP contribution in [0.3, 0.4) is 0 Å². The van der Waals surface area contributed by atoms with Gasteiger partial charge in [0.2, 0.25) is 0 Å². The number of anilines is 1. The summed E-state index contributed by atoms with van der Waals surface area (Å²) in [5.74, 6) is 0. The molecule has 0 unspecified atom stereocenters. The van der Waals surface area contributed by atoms with E-state index in [1.54, 1.807) is 6.20 Å². The maximum atomic E-state index is 5.93. The van der Waals surface area contributed by atoms with Gasteiger partial charge >= 0.3 is 0 Å². The van der Waals surface area contributed by atoms with Gasteiger partial charge in [0.1, 0.15) is 0 Å². The van der Waals surface area contributed by atoms with E-state index in [-0.39, 0.29) is 0 Å². The molecule has 0 fully saturated rings. The Balaban J connectivity index is 2.40. The molecule has 2 N–H and O–H groups in total. The number of hydrogen-bond donors (Lipinski definition) is 1. The summed E-state index contributed by atoms with van der Waals surface area (Å²) in [6, 6.07) is 8.40. The summed E-state index contributed by atoms with van der Waals surface area (Å²) in [7, 11) is 6.03. The summed E-state index contributed by atoms with van der Waals surface area (Å²) in [5, 5.41) is 4.16. The van der Waals surface area contributed by atoms with Crippen LogP contribution in [0.2, 0.25) is 0 Å². The Bertz CT molecular complexity index is 494. The molecule has 4 heteroatoms. The van der Waals surface area contributed by atoms with Crippen molar-refractivity contribution in [2.45, 2.75) is 6.54 Å². The molecule has 2 rings (SSSR count). The van der Waals surface area contributed by atoms with Crippen molar-refractivity contribution in [3.05, 3.63) is 36.0 Å². The first-order valence-corrected chi connectivity index (χ1v) is 5.59. The van der Waals surface area contributed by atoms with Crippen LogP contribution in [0, 0.1) is 0 Å². The smallest absolute Gasteiger partial charge is 0.0908 e. The zero-order valence-electron chi connectivity index (χ0n) is 10.5. The van der Waals surface area contributed by atoms with Gasteiger partial charge in [0, 0.05) is 19.2 Å². The van der Waals surface area contributed by atoms with E-state index in [1.807, 2.05) is 11.7 Å². The first kappa shape index (κ1) is 11.7. The van der Waals surface area contributed by atoms with Gasteiger partial charge in [-0.1, -0.05) is 18.2 Å². The number of aromatic nitrogens is 2. The Hall–Kier alpha value is -1.81. The van der Waals surface area contributed by atoms with Crippen LogP contribution in [-0.2, 0) is 13.6 Å². The van der Waals surface area contributed by atoms with E-state index in [4.69, 9.17) is 5.73 Å². The maximum Gasteiger partial charge on any atom is 0.0908 e. The number of nitrogens with two attached hydrogens (primary N) is 1. The monoisotopic (exact) mass is 230 g/mol. The van der Waals surface area contributed by atoms with Crippen molar-refractivity contribution < 1.29 is 0 Å². The lowest BCUT2D eigenvalue weighted by Crippen LogP contribution is -2.10. The molecule has 0 aliphatic rings. The van der Waals surface area contributed by atoms with E-state index < -0.39 is 0 Å². The molecule has 17 heavy (non-hydrogen) atoms. The van der Waals surface area contributed by atoms with Crippen LogP contribution in [-0.4, -0.2) is 28.8 Å². The summed E-state index contributed by atoms with van der Waals surface area (Å²) in [6.07, 6.45) is 1.69. The molecule has 0 atom stereocenters. The predicted molar refractivity (Wildman–Crippen MR) is 70.4 cm³/mol. The highest BCUT2D eigenvalue weighted by Gasteiger charge is 2.08. The van der Waals surface area contributed by atoms with Crippen LogP contribution in [0.5, 0.6) is 0 Å². The SMILES string of the molecule is CN(C)Cc1cccc(-c2c(N)cnn2C)c1. The van der Waals surface area contributed by atoms with E-state index in [9.17, 15) is 0 Å². The van der Waals surface area contributed by atoms with Gasteiger partial charge in [-0.3, -0.25) is 4.68 Å². The van der Waals surface area contributed by atoms with Gasteiger partial charge < -0.3 is 10.6 Å². The summed E-state index contributed by atoms with van der Waals surface area (Å²) in [4.78, 5) is 2.14. The van der Waals surface area contributed by atoms with Gasteiger partial charge in [0.25, 0.3) is 0 Å². The lowest BCUT2D eigenvalue weighted by atomic mass is 10.1. The zero-order valence-corrected chi connectivity index (χ0v) is 10.5. The molecule has 1 aromatic heterocycles. The van der Waals surface area contributed by atoms with Crippen molar-refractivity contribution in [3.63, 3.8) is 0 Å². The fourth-order valence-corrected chi connectivity index (χ4v) is 1.99. The van der Waals surface area contributed by atoms with Gasteiger partial charge in [-0.25, -0.2) is 0 Å². The van der Waals surface area contributed by atoms with Crippen LogP contribution in [0.4, 0.5) is 5.69 Å². The fraction of sp³-hybridized carbons (Fsp3) is 0.308. The molecule has 0 radical (unpaired) electrons. The first-order chi connectivity index (χ1) is 8.08. The minimum Gasteiger partial charge on any atom is -0.396 e. The van der Waals surface area contributed by atoms with Crippen molar-refractivity contribution in [1.29, 1.82) is 0 Å². The average Bonchev–Trinajstić information content (AvgIpc) is 2.58. The molecule has 90 valence electrons. The van der Waals surface area contributed by atoms with Crippen molar-refractivity contribution in [1.82, 2.24) is 14.7 Å². The average molecular weight is 230 g/mol. The summed E-state index contributed by atoms with van der Waals surface area (Å²) in [6.45, 7) is 0.922. The Morgan fingerprint density at radius 1 is 1.35 bits per heavy atom. The number of nitrogen functional groups attached to an aromatic ring is 1. The third kappa shape index (κ3) is 2.47. The lowest BCUT2D eigenvalue weighted by molar-refractivity contribution is 0.402. The molecule has 0 amide bonds. The lowest BCUT2D eigenvalue weighted by Gasteiger charge is -2.11. The normalized spacial score (nSPS) is 11.1. The molecule has 0 aliphatic carbocycles. The van der Waals surface area contributed by atoms with E-state index >= 15 is 0 Å². The molecule has 0 spiro atoms. The van der Waals surface area contributed by atoms with Crippen molar-refractivity contribution >= 4 is 5.69 Å². The minimum absolute atomic E-state index is 0.717. The number of nitrogens with zero attached hydrogens (tertiary/aromatic N) is 3. The third-order valence-electron chi connectivity index (χ3n) is 2.67. The number of rotatable bonds is 3. The van der Waals surface area contributed by atoms with Gasteiger partial charge in [-0.05, 0) is 25.7 Å². The highest BCUT2D eigenvalue weighted by Crippen LogP contribution is 2.25. The predicted octanol–water partition coefficient (Wildman–Crippen LogP) is 1.73. The topological polar surface area (TPSA) is 47.1 Å². The quantitative estimate of drug-likeness (QED) is 0.873. The maximum absolute atomic E-state index is 5.93. The molecule has 1 aromatic carbocycles. The number of benzene rings is 1. The minimum atomic E-state index is 0.717. The van der Waals surface area contributed by atoms with E-state index in [0.29, 0.717) is 0 Å². The number of aryl methyl sites for hydroxylation is 1. The van der Waals surface area contributed by atoms with Crippen molar-refractivity contribution in [3.8, 4) is 11.3 Å². The second-order valence-corrected chi connectivity index (χ2v) is 4.51. The summed E-state index contributed by atoms with van der Waals surface area (Å²) < 4.78 is 1.81. The molecule has 0 aliphatic heterocycles. The Morgan fingerprint density at radius 3 is 2.71 bits per heavy atom. The first-order valence-electron chi connectivity index (χ1n) is 5.59. The van der Waals surface area contributed by atoms with Crippen LogP contribution in [0.15, 0.2) is 30.5 Å². The number of hydrogen-bond acceptors (Lipinski definition) is 3. The van der Waals surface area contributed by atoms with Crippen molar-refractivity contribution in [2.24, 2.45) is 7.05 Å². The Kier molecular flexibility index (Phi) is 3.15. The van der Waals surface area contributed by atoms with Crippen LogP contribution >= 0.6 is 0 Å². The molecule has 0 bridgehead atoms. The third-order valence-corrected chi connectivity index (χ3v) is 2.67. The van der Waals surface area contributed by atoms with Crippen LogP contribution < -0.4 is 5.73 Å². The zero-order chi connectivity index (χ0) is 12.4. The van der Waals surface area contributed by atoms with Gasteiger partial charge in [0.05, 0.1) is 17.6 Å². The van der Waals surface area contributed by atoms with E-state index in [0.717, 1.165) is 23.5 Å². The molecule has 0 saturated heterocycles. The molecular weight excluding hydrogens is 212 g/mol. The Labute approximate surface area is 102 Å². The van der Waals surface area contributed by atoms with Gasteiger partial charge in [0.15, 0.2) is 0 Å². The van der Waals surface area contributed by atoms with Gasteiger partial charge in [-0.2, -0.15) is 5.10 Å². The second-order valence-electron chi connectivity index (χ2n) is 4.51. The standard InChI is InChI=1S/C13H18N4/c1-16(2)9-10-5-4-6-11(7-10)13-12(14)8-15-17(13)3/h4-8H,9,14H2,1-3H3. The summed E-state index contributed by atoms with van der Waals surface area (Å²) in [5.41, 5.74) is 10.0. The van der Waals surface area contributed by atoms with E-state index in [2.05, 4.69) is 48.4 Å². The summed E-state index contributed by atoms with van der Waals surface area (Å²) >= 11 is 0. The largest absolute Gasteiger partial charge is 0.396 e.